The Labute approximate surface area is 119 Å². The summed E-state index contributed by atoms with van der Waals surface area (Å²) in [5.41, 5.74) is 1.11. The van der Waals surface area contributed by atoms with Gasteiger partial charge >= 0.3 is 5.97 Å². The number of nitrogens with zero attached hydrogens (tertiary/aromatic N) is 3. The molecule has 3 rings (SSSR count). The molecule has 2 fully saturated rings. The van der Waals surface area contributed by atoms with Crippen molar-refractivity contribution in [3.8, 4) is 0 Å². The number of carboxylic acid groups (broad SMARTS) is 1. The zero-order valence-corrected chi connectivity index (χ0v) is 11.7. The van der Waals surface area contributed by atoms with Gasteiger partial charge in [-0.15, -0.1) is 0 Å². The maximum absolute atomic E-state index is 11.3. The number of hydrogen-bond acceptors (Lipinski definition) is 4. The zero-order chi connectivity index (χ0) is 13.9. The topological polar surface area (TPSA) is 56.7 Å². The van der Waals surface area contributed by atoms with E-state index in [1.165, 1.54) is 25.7 Å². The van der Waals surface area contributed by atoms with Crippen molar-refractivity contribution in [1.29, 1.82) is 0 Å². The average molecular weight is 275 g/mol. The fourth-order valence-electron chi connectivity index (χ4n) is 3.42. The van der Waals surface area contributed by atoms with E-state index in [0.717, 1.165) is 37.9 Å². The fourth-order valence-corrected chi connectivity index (χ4v) is 3.42. The Kier molecular flexibility index (Phi) is 3.87. The molecule has 0 unspecified atom stereocenters. The predicted molar refractivity (Wildman–Crippen MR) is 77.2 cm³/mol. The summed E-state index contributed by atoms with van der Waals surface area (Å²) in [7, 11) is 0. The molecule has 0 spiro atoms. The van der Waals surface area contributed by atoms with Crippen molar-refractivity contribution >= 4 is 11.7 Å². The van der Waals surface area contributed by atoms with Gasteiger partial charge in [0.05, 0.1) is 17.4 Å². The Hall–Kier alpha value is -1.62. The third-order valence-electron chi connectivity index (χ3n) is 4.53. The number of aromatic carboxylic acids is 1. The van der Waals surface area contributed by atoms with Crippen LogP contribution in [-0.4, -0.2) is 53.2 Å². The number of carbonyl (C=O) groups is 1. The fraction of sp³-hybridized carbons (Fsp3) is 0.600. The molecule has 5 nitrogen and oxygen atoms in total. The maximum Gasteiger partial charge on any atom is 0.337 e. The molecular weight excluding hydrogens is 254 g/mol. The van der Waals surface area contributed by atoms with Gasteiger partial charge in [-0.2, -0.15) is 0 Å². The van der Waals surface area contributed by atoms with Gasteiger partial charge in [-0.25, -0.2) is 4.79 Å². The standard InChI is InChI=1S/C15H21N3O2/c19-15(20)13-5-6-16-11-14(13)18-9-7-17(8-10-18)12-3-1-2-4-12/h5-6,11-12H,1-4,7-10H2,(H,19,20). The van der Waals surface area contributed by atoms with Gasteiger partial charge in [0.2, 0.25) is 0 Å². The second-order valence-electron chi connectivity index (χ2n) is 5.66. The molecule has 2 aliphatic rings. The van der Waals surface area contributed by atoms with Gasteiger partial charge < -0.3 is 10.0 Å². The lowest BCUT2D eigenvalue weighted by Gasteiger charge is -2.39. The molecule has 1 saturated carbocycles. The number of pyridine rings is 1. The van der Waals surface area contributed by atoms with Gasteiger partial charge in [0, 0.05) is 38.4 Å². The first-order chi connectivity index (χ1) is 9.75. The lowest BCUT2D eigenvalue weighted by molar-refractivity contribution is 0.0697. The summed E-state index contributed by atoms with van der Waals surface area (Å²) >= 11 is 0. The summed E-state index contributed by atoms with van der Waals surface area (Å²) in [5.74, 6) is -0.874. The number of aromatic nitrogens is 1. The van der Waals surface area contributed by atoms with Crippen molar-refractivity contribution in [3.05, 3.63) is 24.0 Å². The lowest BCUT2D eigenvalue weighted by atomic mass is 10.1. The van der Waals surface area contributed by atoms with Gasteiger partial charge in [0.25, 0.3) is 0 Å². The summed E-state index contributed by atoms with van der Waals surface area (Å²) in [6, 6.07) is 2.34. The van der Waals surface area contributed by atoms with E-state index in [4.69, 9.17) is 0 Å². The first-order valence-electron chi connectivity index (χ1n) is 7.42. The van der Waals surface area contributed by atoms with E-state index < -0.39 is 5.97 Å². The van der Waals surface area contributed by atoms with Crippen LogP contribution >= 0.6 is 0 Å². The van der Waals surface area contributed by atoms with Gasteiger partial charge in [0.15, 0.2) is 0 Å². The summed E-state index contributed by atoms with van der Waals surface area (Å²) in [4.78, 5) is 20.1. The Morgan fingerprint density at radius 1 is 1.20 bits per heavy atom. The average Bonchev–Trinajstić information content (AvgIpc) is 3.02. The number of piperazine rings is 1. The molecule has 0 radical (unpaired) electrons. The van der Waals surface area contributed by atoms with Crippen LogP contribution in [0, 0.1) is 0 Å². The Balaban J connectivity index is 1.67. The molecule has 1 aliphatic carbocycles. The van der Waals surface area contributed by atoms with Gasteiger partial charge in [0.1, 0.15) is 0 Å². The van der Waals surface area contributed by atoms with Crippen LogP contribution in [0.15, 0.2) is 18.5 Å². The summed E-state index contributed by atoms with van der Waals surface area (Å²) in [6.07, 6.45) is 8.59. The second kappa shape index (κ2) is 5.79. The minimum atomic E-state index is -0.874. The molecule has 0 bridgehead atoms. The van der Waals surface area contributed by atoms with Crippen molar-refractivity contribution in [3.63, 3.8) is 0 Å². The molecule has 5 heteroatoms. The number of anilines is 1. The van der Waals surface area contributed by atoms with Crippen LogP contribution < -0.4 is 4.90 Å². The van der Waals surface area contributed by atoms with E-state index in [0.29, 0.717) is 5.56 Å². The SMILES string of the molecule is O=C(O)c1ccncc1N1CCN(C2CCCC2)CC1. The molecule has 0 amide bonds. The second-order valence-corrected chi connectivity index (χ2v) is 5.66. The van der Waals surface area contributed by atoms with E-state index in [2.05, 4.69) is 14.8 Å². The molecule has 1 N–H and O–H groups in total. The summed E-state index contributed by atoms with van der Waals surface area (Å²) in [6.45, 7) is 3.84. The highest BCUT2D eigenvalue weighted by molar-refractivity contribution is 5.94. The molecule has 0 atom stereocenters. The largest absolute Gasteiger partial charge is 0.478 e. The smallest absolute Gasteiger partial charge is 0.337 e. The van der Waals surface area contributed by atoms with E-state index in [1.807, 2.05) is 0 Å². The van der Waals surface area contributed by atoms with Crippen molar-refractivity contribution < 1.29 is 9.90 Å². The van der Waals surface area contributed by atoms with E-state index in [1.54, 1.807) is 18.5 Å². The van der Waals surface area contributed by atoms with E-state index in [-0.39, 0.29) is 0 Å². The Morgan fingerprint density at radius 2 is 1.90 bits per heavy atom. The summed E-state index contributed by atoms with van der Waals surface area (Å²) < 4.78 is 0. The predicted octanol–water partition coefficient (Wildman–Crippen LogP) is 1.84. The van der Waals surface area contributed by atoms with E-state index >= 15 is 0 Å². The zero-order valence-electron chi connectivity index (χ0n) is 11.7. The molecule has 2 heterocycles. The van der Waals surface area contributed by atoms with Crippen molar-refractivity contribution in [2.75, 3.05) is 31.1 Å². The normalized spacial score (nSPS) is 21.3. The van der Waals surface area contributed by atoms with Gasteiger partial charge in [-0.3, -0.25) is 9.88 Å². The number of rotatable bonds is 3. The molecule has 1 aromatic rings. The van der Waals surface area contributed by atoms with E-state index in [9.17, 15) is 9.90 Å². The third kappa shape index (κ3) is 2.63. The van der Waals surface area contributed by atoms with Crippen LogP contribution in [0.25, 0.3) is 0 Å². The first kappa shape index (κ1) is 13.4. The van der Waals surface area contributed by atoms with Crippen LogP contribution in [0.2, 0.25) is 0 Å². The highest BCUT2D eigenvalue weighted by atomic mass is 16.4. The Morgan fingerprint density at radius 3 is 2.55 bits per heavy atom. The monoisotopic (exact) mass is 275 g/mol. The molecule has 1 aliphatic heterocycles. The van der Waals surface area contributed by atoms with Crippen LogP contribution in [0.3, 0.4) is 0 Å². The molecule has 20 heavy (non-hydrogen) atoms. The van der Waals surface area contributed by atoms with Crippen LogP contribution in [-0.2, 0) is 0 Å². The summed E-state index contributed by atoms with van der Waals surface area (Å²) in [5, 5.41) is 9.26. The van der Waals surface area contributed by atoms with Crippen LogP contribution in [0.5, 0.6) is 0 Å². The maximum atomic E-state index is 11.3. The van der Waals surface area contributed by atoms with Crippen molar-refractivity contribution in [2.24, 2.45) is 0 Å². The van der Waals surface area contributed by atoms with Crippen LogP contribution in [0.4, 0.5) is 5.69 Å². The lowest BCUT2D eigenvalue weighted by Crippen LogP contribution is -2.50. The quantitative estimate of drug-likeness (QED) is 0.912. The first-order valence-corrected chi connectivity index (χ1v) is 7.42. The van der Waals surface area contributed by atoms with Crippen molar-refractivity contribution in [2.45, 2.75) is 31.7 Å². The van der Waals surface area contributed by atoms with Crippen LogP contribution in [0.1, 0.15) is 36.0 Å². The minimum Gasteiger partial charge on any atom is -0.478 e. The third-order valence-corrected chi connectivity index (χ3v) is 4.53. The molecule has 108 valence electrons. The van der Waals surface area contributed by atoms with Gasteiger partial charge in [-0.1, -0.05) is 12.8 Å². The number of hydrogen-bond donors (Lipinski definition) is 1. The number of carboxylic acids is 1. The minimum absolute atomic E-state index is 0.356. The van der Waals surface area contributed by atoms with Crippen molar-refractivity contribution in [1.82, 2.24) is 9.88 Å². The highest BCUT2D eigenvalue weighted by Crippen LogP contribution is 2.26. The molecule has 1 saturated heterocycles. The van der Waals surface area contributed by atoms with Gasteiger partial charge in [-0.05, 0) is 18.9 Å². The molecule has 0 aromatic carbocycles. The Bertz CT molecular complexity index is 478. The highest BCUT2D eigenvalue weighted by Gasteiger charge is 2.27. The molecule has 1 aromatic heterocycles. The molecular formula is C15H21N3O2.